The number of hydrogen-bond acceptors (Lipinski definition) is 6. The van der Waals surface area contributed by atoms with Crippen molar-refractivity contribution in [3.05, 3.63) is 64.9 Å². The van der Waals surface area contributed by atoms with Gasteiger partial charge in [0.1, 0.15) is 16.1 Å². The Bertz CT molecular complexity index is 1250. The monoisotopic (exact) mass is 416 g/mol. The maximum absolute atomic E-state index is 14.3. The lowest BCUT2D eigenvalue weighted by molar-refractivity contribution is 0.0699. The SMILES string of the molecule is O=C(Nc1scc(-c2ccc(F)c(O)c2F)c1C(=O)O)c1nc2ccccc2o1. The molecular formula is C19H10F2N2O5S. The number of para-hydroxylation sites is 2. The van der Waals surface area contributed by atoms with Crippen LogP contribution in [-0.2, 0) is 0 Å². The number of phenols is 1. The number of oxazole rings is 1. The summed E-state index contributed by atoms with van der Waals surface area (Å²) < 4.78 is 32.9. The fraction of sp³-hybridized carbons (Fsp3) is 0. The number of carbonyl (C=O) groups excluding carboxylic acids is 1. The third-order valence-corrected chi connectivity index (χ3v) is 4.97. The molecule has 29 heavy (non-hydrogen) atoms. The normalized spacial score (nSPS) is 11.0. The molecule has 0 aliphatic heterocycles. The summed E-state index contributed by atoms with van der Waals surface area (Å²) in [6, 6.07) is 8.50. The van der Waals surface area contributed by atoms with Crippen LogP contribution in [0.1, 0.15) is 21.0 Å². The summed E-state index contributed by atoms with van der Waals surface area (Å²) in [7, 11) is 0. The van der Waals surface area contributed by atoms with E-state index in [4.69, 9.17) is 4.42 Å². The minimum atomic E-state index is -1.45. The van der Waals surface area contributed by atoms with E-state index < -0.39 is 34.8 Å². The molecule has 0 bridgehead atoms. The van der Waals surface area contributed by atoms with E-state index in [0.717, 1.165) is 23.5 Å². The number of phenolic OH excluding ortho intramolecular Hbond substituents is 1. The molecule has 4 rings (SSSR count). The largest absolute Gasteiger partial charge is 0.503 e. The molecule has 2 aromatic carbocycles. The summed E-state index contributed by atoms with van der Waals surface area (Å²) in [5.41, 5.74) is -0.0221. The minimum absolute atomic E-state index is 0.0945. The van der Waals surface area contributed by atoms with Crippen LogP contribution in [0.5, 0.6) is 5.75 Å². The van der Waals surface area contributed by atoms with Crippen molar-refractivity contribution in [2.45, 2.75) is 0 Å². The number of fused-ring (bicyclic) bond motifs is 1. The number of nitrogens with one attached hydrogen (secondary N) is 1. The second-order valence-electron chi connectivity index (χ2n) is 5.86. The first-order chi connectivity index (χ1) is 13.9. The van der Waals surface area contributed by atoms with Crippen LogP contribution in [0.15, 0.2) is 46.2 Å². The summed E-state index contributed by atoms with van der Waals surface area (Å²) >= 11 is 0.824. The summed E-state index contributed by atoms with van der Waals surface area (Å²) in [5.74, 6) is -6.22. The first-order valence-corrected chi connectivity index (χ1v) is 8.94. The van der Waals surface area contributed by atoms with E-state index in [1.807, 2.05) is 0 Å². The molecule has 0 unspecified atom stereocenters. The molecule has 3 N–H and O–H groups in total. The van der Waals surface area contributed by atoms with Crippen molar-refractivity contribution in [3.63, 3.8) is 0 Å². The van der Waals surface area contributed by atoms with Gasteiger partial charge in [0.05, 0.1) is 0 Å². The van der Waals surface area contributed by atoms with E-state index in [1.165, 1.54) is 5.38 Å². The predicted octanol–water partition coefficient (Wildman–Crippen LogP) is 4.49. The topological polar surface area (TPSA) is 113 Å². The number of halogens is 2. The molecule has 1 amide bonds. The van der Waals surface area contributed by atoms with Crippen LogP contribution >= 0.6 is 11.3 Å². The number of anilines is 1. The van der Waals surface area contributed by atoms with E-state index in [0.29, 0.717) is 11.1 Å². The Morgan fingerprint density at radius 2 is 1.86 bits per heavy atom. The third-order valence-electron chi connectivity index (χ3n) is 4.08. The summed E-state index contributed by atoms with van der Waals surface area (Å²) in [5, 5.41) is 22.6. The molecule has 2 heterocycles. The average Bonchev–Trinajstić information content (AvgIpc) is 3.30. The van der Waals surface area contributed by atoms with E-state index in [-0.39, 0.29) is 22.0 Å². The van der Waals surface area contributed by atoms with Gasteiger partial charge >= 0.3 is 11.9 Å². The zero-order valence-electron chi connectivity index (χ0n) is 14.3. The van der Waals surface area contributed by atoms with Crippen molar-refractivity contribution in [2.75, 3.05) is 5.32 Å². The standard InChI is InChI=1S/C19H10F2N2O5S/c20-10-6-5-8(14(21)15(10)24)9-7-29-18(13(9)19(26)27)23-16(25)17-22-11-3-1-2-4-12(11)28-17/h1-7,24H,(H,23,25)(H,26,27). The zero-order valence-corrected chi connectivity index (χ0v) is 15.1. The molecule has 0 saturated heterocycles. The first-order valence-electron chi connectivity index (χ1n) is 8.06. The van der Waals surface area contributed by atoms with Crippen molar-refractivity contribution in [1.29, 1.82) is 0 Å². The van der Waals surface area contributed by atoms with Gasteiger partial charge in [0.25, 0.3) is 5.89 Å². The second kappa shape index (κ2) is 6.99. The lowest BCUT2D eigenvalue weighted by Crippen LogP contribution is -2.14. The molecular weight excluding hydrogens is 406 g/mol. The van der Waals surface area contributed by atoms with Gasteiger partial charge in [0.15, 0.2) is 23.0 Å². The molecule has 0 aliphatic rings. The maximum Gasteiger partial charge on any atom is 0.339 e. The van der Waals surface area contributed by atoms with Gasteiger partial charge in [0, 0.05) is 16.5 Å². The van der Waals surface area contributed by atoms with Crippen LogP contribution in [0.2, 0.25) is 0 Å². The smallest absolute Gasteiger partial charge is 0.339 e. The highest BCUT2D eigenvalue weighted by atomic mass is 32.1. The molecule has 10 heteroatoms. The Kier molecular flexibility index (Phi) is 4.47. The summed E-state index contributed by atoms with van der Waals surface area (Å²) in [6.45, 7) is 0. The number of hydrogen-bond donors (Lipinski definition) is 3. The minimum Gasteiger partial charge on any atom is -0.503 e. The van der Waals surface area contributed by atoms with Crippen molar-refractivity contribution in [1.82, 2.24) is 4.98 Å². The number of aromatic nitrogens is 1. The first kappa shape index (κ1) is 18.6. The van der Waals surface area contributed by atoms with Crippen molar-refractivity contribution >= 4 is 39.3 Å². The lowest BCUT2D eigenvalue weighted by atomic mass is 10.0. The summed E-state index contributed by atoms with van der Waals surface area (Å²) in [6.07, 6.45) is 0. The fourth-order valence-electron chi connectivity index (χ4n) is 2.74. The number of carbonyl (C=O) groups is 2. The Morgan fingerprint density at radius 3 is 2.59 bits per heavy atom. The quantitative estimate of drug-likeness (QED) is 0.452. The fourth-order valence-corrected chi connectivity index (χ4v) is 3.68. The number of carboxylic acids is 1. The van der Waals surface area contributed by atoms with E-state index in [9.17, 15) is 28.6 Å². The molecule has 0 radical (unpaired) electrons. The number of amides is 1. The van der Waals surface area contributed by atoms with Crippen LogP contribution in [0.25, 0.3) is 22.2 Å². The number of benzene rings is 2. The number of carboxylic acid groups (broad SMARTS) is 1. The molecule has 0 spiro atoms. The Hall–Kier alpha value is -3.79. The molecule has 0 saturated carbocycles. The molecule has 146 valence electrons. The highest BCUT2D eigenvalue weighted by Gasteiger charge is 2.26. The zero-order chi connectivity index (χ0) is 20.7. The molecule has 0 fully saturated rings. The Labute approximate surface area is 164 Å². The van der Waals surface area contributed by atoms with Gasteiger partial charge in [-0.05, 0) is 24.3 Å². The van der Waals surface area contributed by atoms with Gasteiger partial charge in [-0.2, -0.15) is 0 Å². The highest BCUT2D eigenvalue weighted by Crippen LogP contribution is 2.39. The molecule has 0 atom stereocenters. The Morgan fingerprint density at radius 1 is 1.10 bits per heavy atom. The number of thiophene rings is 1. The summed E-state index contributed by atoms with van der Waals surface area (Å²) in [4.78, 5) is 28.2. The molecule has 0 aliphatic carbocycles. The number of rotatable bonds is 4. The predicted molar refractivity (Wildman–Crippen MR) is 100 cm³/mol. The molecule has 7 nitrogen and oxygen atoms in total. The number of aromatic hydroxyl groups is 1. The van der Waals surface area contributed by atoms with Crippen LogP contribution in [-0.4, -0.2) is 27.1 Å². The maximum atomic E-state index is 14.3. The van der Waals surface area contributed by atoms with Gasteiger partial charge in [-0.3, -0.25) is 4.79 Å². The molecule has 4 aromatic rings. The van der Waals surface area contributed by atoms with Crippen LogP contribution in [0.3, 0.4) is 0 Å². The number of aromatic carboxylic acids is 1. The lowest BCUT2D eigenvalue weighted by Gasteiger charge is -2.07. The van der Waals surface area contributed by atoms with Gasteiger partial charge in [0.2, 0.25) is 0 Å². The van der Waals surface area contributed by atoms with E-state index in [2.05, 4.69) is 10.3 Å². The van der Waals surface area contributed by atoms with Gasteiger partial charge in [-0.1, -0.05) is 12.1 Å². The van der Waals surface area contributed by atoms with Crippen molar-refractivity contribution in [3.8, 4) is 16.9 Å². The second-order valence-corrected chi connectivity index (χ2v) is 6.74. The average molecular weight is 416 g/mol. The van der Waals surface area contributed by atoms with E-state index in [1.54, 1.807) is 24.3 Å². The third kappa shape index (κ3) is 3.19. The Balaban J connectivity index is 1.73. The van der Waals surface area contributed by atoms with Crippen LogP contribution < -0.4 is 5.32 Å². The van der Waals surface area contributed by atoms with Crippen molar-refractivity contribution < 1.29 is 33.0 Å². The van der Waals surface area contributed by atoms with E-state index >= 15 is 0 Å². The van der Waals surface area contributed by atoms with Gasteiger partial charge < -0.3 is 19.9 Å². The molecule has 2 aromatic heterocycles. The van der Waals surface area contributed by atoms with Gasteiger partial charge in [-0.15, -0.1) is 11.3 Å². The number of nitrogens with zero attached hydrogens (tertiary/aromatic N) is 1. The highest BCUT2D eigenvalue weighted by molar-refractivity contribution is 7.15. The van der Waals surface area contributed by atoms with Crippen LogP contribution in [0, 0.1) is 11.6 Å². The van der Waals surface area contributed by atoms with Gasteiger partial charge in [-0.25, -0.2) is 18.6 Å². The van der Waals surface area contributed by atoms with Crippen molar-refractivity contribution in [2.24, 2.45) is 0 Å². The van der Waals surface area contributed by atoms with Crippen LogP contribution in [0.4, 0.5) is 13.8 Å².